The Morgan fingerprint density at radius 2 is 2.00 bits per heavy atom. The zero-order valence-corrected chi connectivity index (χ0v) is 8.04. The van der Waals surface area contributed by atoms with E-state index >= 15 is 0 Å². The summed E-state index contributed by atoms with van der Waals surface area (Å²) in [4.78, 5) is 4.40. The molecule has 1 aromatic heterocycles. The number of benzene rings is 1. The third-order valence-corrected chi connectivity index (χ3v) is 2.11. The van der Waals surface area contributed by atoms with Crippen LogP contribution < -0.4 is 5.90 Å². The Hall–Kier alpha value is -1.53. The largest absolute Gasteiger partial charge is 0.452 e. The van der Waals surface area contributed by atoms with Crippen LogP contribution >= 0.6 is 0 Å². The SMILES string of the molecule is NOCc1ccc2oc(C(F)(F)F)cc2c1. The maximum absolute atomic E-state index is 12.3. The second kappa shape index (κ2) is 3.80. The van der Waals surface area contributed by atoms with Gasteiger partial charge in [0.15, 0.2) is 0 Å². The molecule has 1 aromatic carbocycles. The predicted molar refractivity (Wildman–Crippen MR) is 50.2 cm³/mol. The Morgan fingerprint density at radius 1 is 1.25 bits per heavy atom. The maximum atomic E-state index is 12.3. The molecule has 0 aliphatic rings. The molecule has 0 fully saturated rings. The van der Waals surface area contributed by atoms with Gasteiger partial charge in [-0.25, -0.2) is 5.90 Å². The standard InChI is InChI=1S/C10H8F3NO2/c11-10(12,13)9-4-7-3-6(5-15-14)1-2-8(7)16-9/h1-4H,5,14H2. The molecule has 6 heteroatoms. The molecule has 86 valence electrons. The number of rotatable bonds is 2. The normalized spacial score (nSPS) is 12.2. The van der Waals surface area contributed by atoms with Crippen molar-refractivity contribution in [2.75, 3.05) is 0 Å². The Kier molecular flexibility index (Phi) is 2.61. The fraction of sp³-hybridized carbons (Fsp3) is 0.200. The van der Waals surface area contributed by atoms with E-state index in [-0.39, 0.29) is 12.2 Å². The number of halogens is 3. The number of nitrogens with two attached hydrogens (primary N) is 1. The van der Waals surface area contributed by atoms with E-state index in [9.17, 15) is 13.2 Å². The molecule has 0 saturated carbocycles. The minimum Gasteiger partial charge on any atom is -0.452 e. The molecule has 0 aliphatic carbocycles. The summed E-state index contributed by atoms with van der Waals surface area (Å²) in [6, 6.07) is 5.55. The van der Waals surface area contributed by atoms with E-state index in [1.165, 1.54) is 6.07 Å². The first-order valence-corrected chi connectivity index (χ1v) is 4.42. The van der Waals surface area contributed by atoms with Gasteiger partial charge in [0.2, 0.25) is 5.76 Å². The van der Waals surface area contributed by atoms with E-state index in [1.54, 1.807) is 12.1 Å². The lowest BCUT2D eigenvalue weighted by atomic mass is 10.2. The molecule has 2 N–H and O–H groups in total. The number of furan rings is 1. The van der Waals surface area contributed by atoms with E-state index < -0.39 is 11.9 Å². The molecule has 0 spiro atoms. The van der Waals surface area contributed by atoms with Gasteiger partial charge in [0.1, 0.15) is 5.58 Å². The van der Waals surface area contributed by atoms with Gasteiger partial charge in [-0.05, 0) is 23.8 Å². The first kappa shape index (κ1) is 11.0. The van der Waals surface area contributed by atoms with Gasteiger partial charge in [0.25, 0.3) is 0 Å². The van der Waals surface area contributed by atoms with Gasteiger partial charge in [0, 0.05) is 5.39 Å². The Morgan fingerprint density at radius 3 is 2.62 bits per heavy atom. The number of fused-ring (bicyclic) bond motifs is 1. The second-order valence-corrected chi connectivity index (χ2v) is 3.29. The molecule has 3 nitrogen and oxygen atoms in total. The van der Waals surface area contributed by atoms with Crippen molar-refractivity contribution in [1.82, 2.24) is 0 Å². The zero-order chi connectivity index (χ0) is 11.8. The monoisotopic (exact) mass is 231 g/mol. The molecule has 0 atom stereocenters. The summed E-state index contributed by atoms with van der Waals surface area (Å²) in [5, 5.41) is 0.377. The van der Waals surface area contributed by atoms with Crippen molar-refractivity contribution in [3.05, 3.63) is 35.6 Å². The summed E-state index contributed by atoms with van der Waals surface area (Å²) < 4.78 is 41.7. The second-order valence-electron chi connectivity index (χ2n) is 3.29. The van der Waals surface area contributed by atoms with Crippen LogP contribution in [-0.2, 0) is 17.6 Å². The Bertz CT molecular complexity index is 504. The third kappa shape index (κ3) is 2.02. The molecule has 0 saturated heterocycles. The Balaban J connectivity index is 2.46. The lowest BCUT2D eigenvalue weighted by molar-refractivity contribution is -0.152. The maximum Gasteiger partial charge on any atom is 0.449 e. The first-order chi connectivity index (χ1) is 7.50. The van der Waals surface area contributed by atoms with E-state index in [0.717, 1.165) is 6.07 Å². The predicted octanol–water partition coefficient (Wildman–Crippen LogP) is 2.84. The average molecular weight is 231 g/mol. The molecule has 0 aliphatic heterocycles. The summed E-state index contributed by atoms with van der Waals surface area (Å²) >= 11 is 0. The van der Waals surface area contributed by atoms with Gasteiger partial charge in [-0.15, -0.1) is 0 Å². The van der Waals surface area contributed by atoms with E-state index in [4.69, 9.17) is 5.90 Å². The topological polar surface area (TPSA) is 48.4 Å². The molecule has 0 amide bonds. The summed E-state index contributed by atoms with van der Waals surface area (Å²) in [7, 11) is 0. The molecule has 1 heterocycles. The van der Waals surface area contributed by atoms with Crippen LogP contribution in [0.25, 0.3) is 11.0 Å². The molecule has 0 bridgehead atoms. The van der Waals surface area contributed by atoms with Crippen LogP contribution in [0.4, 0.5) is 13.2 Å². The van der Waals surface area contributed by atoms with E-state index in [0.29, 0.717) is 10.9 Å². The van der Waals surface area contributed by atoms with Gasteiger partial charge in [0.05, 0.1) is 6.61 Å². The Labute approximate surface area is 88.5 Å². The summed E-state index contributed by atoms with van der Waals surface area (Å²) in [6.45, 7) is 0.141. The highest BCUT2D eigenvalue weighted by Crippen LogP contribution is 2.33. The molecular weight excluding hydrogens is 223 g/mol. The van der Waals surface area contributed by atoms with Gasteiger partial charge in [-0.3, -0.25) is 4.84 Å². The van der Waals surface area contributed by atoms with Crippen molar-refractivity contribution < 1.29 is 22.4 Å². The molecule has 16 heavy (non-hydrogen) atoms. The lowest BCUT2D eigenvalue weighted by Gasteiger charge is -1.99. The van der Waals surface area contributed by atoms with Crippen LogP contribution in [-0.4, -0.2) is 0 Å². The summed E-state index contributed by atoms with van der Waals surface area (Å²) in [6.07, 6.45) is -4.47. The molecular formula is C10H8F3NO2. The zero-order valence-electron chi connectivity index (χ0n) is 8.04. The average Bonchev–Trinajstić information content (AvgIpc) is 2.60. The fourth-order valence-corrected chi connectivity index (χ4v) is 1.42. The van der Waals surface area contributed by atoms with E-state index in [2.05, 4.69) is 9.25 Å². The summed E-state index contributed by atoms with van der Waals surface area (Å²) in [5.41, 5.74) is 0.873. The summed E-state index contributed by atoms with van der Waals surface area (Å²) in [5.74, 6) is 3.87. The van der Waals surface area contributed by atoms with Crippen molar-refractivity contribution in [1.29, 1.82) is 0 Å². The highest BCUT2D eigenvalue weighted by atomic mass is 19.4. The van der Waals surface area contributed by atoms with Crippen LogP contribution in [0.3, 0.4) is 0 Å². The van der Waals surface area contributed by atoms with E-state index in [1.807, 2.05) is 0 Å². The number of hydrogen-bond acceptors (Lipinski definition) is 3. The van der Waals surface area contributed by atoms with Crippen LogP contribution in [0.1, 0.15) is 11.3 Å². The van der Waals surface area contributed by atoms with Crippen molar-refractivity contribution in [2.24, 2.45) is 5.90 Å². The van der Waals surface area contributed by atoms with Gasteiger partial charge >= 0.3 is 6.18 Å². The number of alkyl halides is 3. The fourth-order valence-electron chi connectivity index (χ4n) is 1.42. The third-order valence-electron chi connectivity index (χ3n) is 2.11. The molecule has 2 rings (SSSR count). The van der Waals surface area contributed by atoms with Crippen molar-refractivity contribution >= 4 is 11.0 Å². The highest BCUT2D eigenvalue weighted by Gasteiger charge is 2.35. The smallest absolute Gasteiger partial charge is 0.449 e. The highest BCUT2D eigenvalue weighted by molar-refractivity contribution is 5.78. The first-order valence-electron chi connectivity index (χ1n) is 4.42. The van der Waals surface area contributed by atoms with Crippen LogP contribution in [0, 0.1) is 0 Å². The van der Waals surface area contributed by atoms with Crippen molar-refractivity contribution in [3.63, 3.8) is 0 Å². The van der Waals surface area contributed by atoms with Crippen LogP contribution in [0.5, 0.6) is 0 Å². The quantitative estimate of drug-likeness (QED) is 0.808. The van der Waals surface area contributed by atoms with Gasteiger partial charge in [-0.2, -0.15) is 13.2 Å². The number of hydrogen-bond donors (Lipinski definition) is 1. The molecule has 2 aromatic rings. The van der Waals surface area contributed by atoms with Crippen molar-refractivity contribution in [2.45, 2.75) is 12.8 Å². The minimum absolute atomic E-state index is 0.141. The lowest BCUT2D eigenvalue weighted by Crippen LogP contribution is -2.01. The molecule has 0 radical (unpaired) electrons. The van der Waals surface area contributed by atoms with Gasteiger partial charge < -0.3 is 4.42 Å². The van der Waals surface area contributed by atoms with Crippen LogP contribution in [0.2, 0.25) is 0 Å². The molecule has 0 unspecified atom stereocenters. The van der Waals surface area contributed by atoms with Crippen LogP contribution in [0.15, 0.2) is 28.7 Å². The van der Waals surface area contributed by atoms with Crippen molar-refractivity contribution in [3.8, 4) is 0 Å². The van der Waals surface area contributed by atoms with Gasteiger partial charge in [-0.1, -0.05) is 6.07 Å². The minimum atomic E-state index is -4.47.